The van der Waals surface area contributed by atoms with Crippen LogP contribution >= 0.6 is 0 Å². The molecule has 1 aromatic carbocycles. The second kappa shape index (κ2) is 7.85. The van der Waals surface area contributed by atoms with Gasteiger partial charge >= 0.3 is 6.18 Å². The highest BCUT2D eigenvalue weighted by Crippen LogP contribution is 2.33. The zero-order chi connectivity index (χ0) is 21.1. The molecule has 0 aliphatic heterocycles. The molecule has 30 heavy (non-hydrogen) atoms. The summed E-state index contributed by atoms with van der Waals surface area (Å²) in [5, 5.41) is 10.3. The van der Waals surface area contributed by atoms with Crippen molar-refractivity contribution in [3.63, 3.8) is 0 Å². The predicted molar refractivity (Wildman–Crippen MR) is 97.5 cm³/mol. The van der Waals surface area contributed by atoms with E-state index in [9.17, 15) is 18.0 Å². The first kappa shape index (κ1) is 19.4. The van der Waals surface area contributed by atoms with E-state index in [1.807, 2.05) is 0 Å². The van der Waals surface area contributed by atoms with Crippen molar-refractivity contribution in [1.82, 2.24) is 19.9 Å². The van der Waals surface area contributed by atoms with Crippen molar-refractivity contribution in [3.8, 4) is 17.3 Å². The number of anilines is 1. The van der Waals surface area contributed by atoms with Crippen molar-refractivity contribution < 1.29 is 26.9 Å². The monoisotopic (exact) mass is 417 g/mol. The molecule has 1 N–H and O–H groups in total. The van der Waals surface area contributed by atoms with Crippen LogP contribution in [0.25, 0.3) is 17.3 Å². The summed E-state index contributed by atoms with van der Waals surface area (Å²) in [6.45, 7) is 0. The molecule has 0 saturated heterocycles. The van der Waals surface area contributed by atoms with E-state index in [0.717, 1.165) is 12.1 Å². The van der Waals surface area contributed by atoms with Gasteiger partial charge in [-0.1, -0.05) is 5.16 Å². The van der Waals surface area contributed by atoms with Crippen LogP contribution in [-0.4, -0.2) is 25.8 Å². The molecule has 154 valence electrons. The number of rotatable bonds is 6. The van der Waals surface area contributed by atoms with E-state index in [2.05, 4.69) is 20.6 Å². The minimum Gasteiger partial charge on any atom is -0.461 e. The Labute approximate surface area is 167 Å². The molecule has 11 heteroatoms. The number of nitrogens with zero attached hydrogens (tertiary/aromatic N) is 4. The van der Waals surface area contributed by atoms with E-state index in [0.29, 0.717) is 11.4 Å². The third-order valence-corrected chi connectivity index (χ3v) is 4.12. The van der Waals surface area contributed by atoms with Gasteiger partial charge in [-0.25, -0.2) is 4.68 Å². The Morgan fingerprint density at radius 1 is 1.20 bits per heavy atom. The average molecular weight is 417 g/mol. The van der Waals surface area contributed by atoms with Gasteiger partial charge in [-0.3, -0.25) is 4.79 Å². The van der Waals surface area contributed by atoms with Gasteiger partial charge in [-0.15, -0.1) is 0 Å². The molecular formula is C19H14F3N5O3. The van der Waals surface area contributed by atoms with Gasteiger partial charge in [0.15, 0.2) is 5.76 Å². The molecule has 3 aromatic heterocycles. The van der Waals surface area contributed by atoms with Gasteiger partial charge in [0, 0.05) is 25.2 Å². The number of furan rings is 1. The highest BCUT2D eigenvalue weighted by atomic mass is 19.4. The van der Waals surface area contributed by atoms with E-state index < -0.39 is 17.6 Å². The SMILES string of the molecule is O=C(CCc1nc(-c2ccco2)no1)Nc1cc(C(F)(F)F)ccc1-n1cccn1. The number of carbonyl (C=O) groups is 1. The van der Waals surface area contributed by atoms with Gasteiger partial charge in [-0.05, 0) is 36.4 Å². The summed E-state index contributed by atoms with van der Waals surface area (Å²) >= 11 is 0. The van der Waals surface area contributed by atoms with Gasteiger partial charge < -0.3 is 14.3 Å². The van der Waals surface area contributed by atoms with Crippen LogP contribution in [-0.2, 0) is 17.4 Å². The van der Waals surface area contributed by atoms with Crippen LogP contribution in [0.5, 0.6) is 0 Å². The number of aryl methyl sites for hydroxylation is 1. The maximum atomic E-state index is 13.1. The summed E-state index contributed by atoms with van der Waals surface area (Å²) in [4.78, 5) is 16.5. The molecule has 1 amide bonds. The summed E-state index contributed by atoms with van der Waals surface area (Å²) in [7, 11) is 0. The first-order valence-electron chi connectivity index (χ1n) is 8.78. The number of hydrogen-bond acceptors (Lipinski definition) is 6. The van der Waals surface area contributed by atoms with Crippen molar-refractivity contribution in [2.75, 3.05) is 5.32 Å². The third-order valence-electron chi connectivity index (χ3n) is 4.12. The number of aromatic nitrogens is 4. The van der Waals surface area contributed by atoms with Crippen molar-refractivity contribution in [3.05, 3.63) is 66.5 Å². The van der Waals surface area contributed by atoms with Crippen LogP contribution in [0.3, 0.4) is 0 Å². The zero-order valence-corrected chi connectivity index (χ0v) is 15.3. The highest BCUT2D eigenvalue weighted by molar-refractivity contribution is 5.93. The average Bonchev–Trinajstić information content (AvgIpc) is 3.48. The van der Waals surface area contributed by atoms with Crippen molar-refractivity contribution in [2.45, 2.75) is 19.0 Å². The lowest BCUT2D eigenvalue weighted by molar-refractivity contribution is -0.137. The Morgan fingerprint density at radius 2 is 2.07 bits per heavy atom. The van der Waals surface area contributed by atoms with Gasteiger partial charge in [0.05, 0.1) is 23.2 Å². The largest absolute Gasteiger partial charge is 0.461 e. The minimum absolute atomic E-state index is 0.0136. The number of nitrogens with one attached hydrogen (secondary N) is 1. The van der Waals surface area contributed by atoms with Crippen LogP contribution in [0.4, 0.5) is 18.9 Å². The predicted octanol–water partition coefficient (Wildman–Crippen LogP) is 4.11. The van der Waals surface area contributed by atoms with E-state index in [-0.39, 0.29) is 30.2 Å². The molecule has 4 aromatic rings. The number of halogens is 3. The van der Waals surface area contributed by atoms with Gasteiger partial charge in [0.2, 0.25) is 17.6 Å². The van der Waals surface area contributed by atoms with E-state index in [1.54, 1.807) is 24.4 Å². The van der Waals surface area contributed by atoms with Crippen LogP contribution in [0.1, 0.15) is 17.9 Å². The number of carbonyl (C=O) groups excluding carboxylic acids is 1. The lowest BCUT2D eigenvalue weighted by Gasteiger charge is -2.14. The summed E-state index contributed by atoms with van der Waals surface area (Å²) in [5.74, 6) is 0.352. The number of amides is 1. The quantitative estimate of drug-likeness (QED) is 0.507. The molecule has 0 atom stereocenters. The molecule has 3 heterocycles. The van der Waals surface area contributed by atoms with Gasteiger partial charge in [0.25, 0.3) is 0 Å². The first-order chi connectivity index (χ1) is 14.4. The minimum atomic E-state index is -4.55. The molecular weight excluding hydrogens is 403 g/mol. The van der Waals surface area contributed by atoms with E-state index in [4.69, 9.17) is 8.94 Å². The number of hydrogen-bond donors (Lipinski definition) is 1. The third kappa shape index (κ3) is 4.24. The van der Waals surface area contributed by atoms with Gasteiger partial charge in [0.1, 0.15) is 0 Å². The summed E-state index contributed by atoms with van der Waals surface area (Å²) < 4.78 is 50.9. The van der Waals surface area contributed by atoms with Crippen LogP contribution < -0.4 is 5.32 Å². The fourth-order valence-corrected chi connectivity index (χ4v) is 2.72. The topological polar surface area (TPSA) is 99.0 Å². The fourth-order valence-electron chi connectivity index (χ4n) is 2.72. The number of alkyl halides is 3. The smallest absolute Gasteiger partial charge is 0.416 e. The second-order valence-corrected chi connectivity index (χ2v) is 6.22. The van der Waals surface area contributed by atoms with Crippen molar-refractivity contribution >= 4 is 11.6 Å². The molecule has 0 bridgehead atoms. The molecule has 0 aliphatic carbocycles. The van der Waals surface area contributed by atoms with Crippen LogP contribution in [0, 0.1) is 0 Å². The Balaban J connectivity index is 1.48. The standard InChI is InChI=1S/C19H14F3N5O3/c20-19(21,22)12-4-5-14(27-9-2-8-23-27)13(11-12)24-16(28)6-7-17-25-18(26-30-17)15-3-1-10-29-15/h1-5,8-11H,6-7H2,(H,24,28). The zero-order valence-electron chi connectivity index (χ0n) is 15.3. The molecule has 4 rings (SSSR count). The summed E-state index contributed by atoms with van der Waals surface area (Å²) in [5.41, 5.74) is -0.590. The van der Waals surface area contributed by atoms with Crippen molar-refractivity contribution in [1.29, 1.82) is 0 Å². The molecule has 0 saturated carbocycles. The summed E-state index contributed by atoms with van der Waals surface area (Å²) in [6.07, 6.45) is -0.00824. The lowest BCUT2D eigenvalue weighted by Crippen LogP contribution is -2.16. The van der Waals surface area contributed by atoms with Crippen molar-refractivity contribution in [2.24, 2.45) is 0 Å². The van der Waals surface area contributed by atoms with E-state index >= 15 is 0 Å². The summed E-state index contributed by atoms with van der Waals surface area (Å²) in [6, 6.07) is 8.00. The Kier molecular flexibility index (Phi) is 5.09. The Morgan fingerprint density at radius 3 is 2.77 bits per heavy atom. The molecule has 8 nitrogen and oxygen atoms in total. The van der Waals surface area contributed by atoms with Gasteiger partial charge in [-0.2, -0.15) is 23.3 Å². The van der Waals surface area contributed by atoms with Crippen LogP contribution in [0.15, 0.2) is 64.0 Å². The highest BCUT2D eigenvalue weighted by Gasteiger charge is 2.31. The molecule has 0 radical (unpaired) electrons. The van der Waals surface area contributed by atoms with Crippen LogP contribution in [0.2, 0.25) is 0 Å². The normalized spacial score (nSPS) is 11.6. The maximum Gasteiger partial charge on any atom is 0.416 e. The molecule has 0 aliphatic rings. The number of benzene rings is 1. The first-order valence-corrected chi connectivity index (χ1v) is 8.78. The van der Waals surface area contributed by atoms with E-state index in [1.165, 1.54) is 23.2 Å². The Hall–Kier alpha value is -3.89. The maximum absolute atomic E-state index is 13.1. The molecule has 0 unspecified atom stereocenters. The lowest BCUT2D eigenvalue weighted by atomic mass is 10.1. The fraction of sp³-hybridized carbons (Fsp3) is 0.158. The molecule has 0 fully saturated rings. The Bertz CT molecular complexity index is 1130. The molecule has 0 spiro atoms. The second-order valence-electron chi connectivity index (χ2n) is 6.22.